The first-order valence-electron chi connectivity index (χ1n) is 8.78. The van der Waals surface area contributed by atoms with Crippen LogP contribution in [0.3, 0.4) is 0 Å². The Morgan fingerprint density at radius 2 is 1.92 bits per heavy atom. The fourth-order valence-electron chi connectivity index (χ4n) is 3.42. The van der Waals surface area contributed by atoms with Crippen LogP contribution in [0.15, 0.2) is 30.5 Å². The monoisotopic (exact) mass is 341 g/mol. The smallest absolute Gasteiger partial charge is 0.253 e. The Labute approximate surface area is 149 Å². The third kappa shape index (κ3) is 3.85. The molecule has 134 valence electrons. The number of aryl methyl sites for hydroxylation is 1. The molecule has 6 nitrogen and oxygen atoms in total. The third-order valence-electron chi connectivity index (χ3n) is 5.29. The Bertz CT molecular complexity index is 729. The van der Waals surface area contributed by atoms with Gasteiger partial charge in [0.25, 0.3) is 5.91 Å². The number of anilines is 1. The van der Waals surface area contributed by atoms with Crippen LogP contribution < -0.4 is 5.73 Å². The zero-order chi connectivity index (χ0) is 18.0. The van der Waals surface area contributed by atoms with Crippen molar-refractivity contribution in [2.45, 2.75) is 32.4 Å². The van der Waals surface area contributed by atoms with Gasteiger partial charge in [-0.15, -0.1) is 0 Å². The molecule has 25 heavy (non-hydrogen) atoms. The van der Waals surface area contributed by atoms with E-state index in [-0.39, 0.29) is 5.91 Å². The molecule has 0 spiro atoms. The normalized spacial score (nSPS) is 15.8. The van der Waals surface area contributed by atoms with E-state index in [0.717, 1.165) is 32.5 Å². The summed E-state index contributed by atoms with van der Waals surface area (Å²) in [5, 5.41) is 4.32. The Morgan fingerprint density at radius 1 is 1.28 bits per heavy atom. The van der Waals surface area contributed by atoms with Crippen LogP contribution in [-0.2, 0) is 13.6 Å². The Kier molecular flexibility index (Phi) is 5.08. The van der Waals surface area contributed by atoms with Crippen LogP contribution in [0, 0.1) is 6.92 Å². The lowest BCUT2D eigenvalue weighted by atomic mass is 10.0. The molecule has 1 aliphatic heterocycles. The number of carbonyl (C=O) groups is 1. The maximum atomic E-state index is 12.6. The molecule has 1 aromatic heterocycles. The Hall–Kier alpha value is -2.34. The zero-order valence-electron chi connectivity index (χ0n) is 15.3. The number of carbonyl (C=O) groups excluding carboxylic acids is 1. The number of nitrogen functional groups attached to an aromatic ring is 1. The summed E-state index contributed by atoms with van der Waals surface area (Å²) in [6, 6.07) is 7.67. The molecule has 2 aromatic rings. The molecule has 0 aliphatic carbocycles. The number of piperidine rings is 1. The molecule has 0 atom stereocenters. The number of nitrogens with two attached hydrogens (primary N) is 1. The largest absolute Gasteiger partial charge is 0.399 e. The minimum atomic E-state index is 0.101. The van der Waals surface area contributed by atoms with E-state index < -0.39 is 0 Å². The summed E-state index contributed by atoms with van der Waals surface area (Å²) in [7, 11) is 4.13. The molecule has 2 N–H and O–H groups in total. The van der Waals surface area contributed by atoms with Gasteiger partial charge in [0.2, 0.25) is 0 Å². The maximum Gasteiger partial charge on any atom is 0.253 e. The molecule has 1 aromatic carbocycles. The maximum absolute atomic E-state index is 12.6. The highest BCUT2D eigenvalue weighted by Gasteiger charge is 2.26. The summed E-state index contributed by atoms with van der Waals surface area (Å²) < 4.78 is 1.91. The Morgan fingerprint density at radius 3 is 2.48 bits per heavy atom. The van der Waals surface area contributed by atoms with Gasteiger partial charge in [-0.25, -0.2) is 0 Å². The molecule has 1 aliphatic rings. The molecule has 0 bridgehead atoms. The molecule has 6 heteroatoms. The summed E-state index contributed by atoms with van der Waals surface area (Å²) in [5.41, 5.74) is 9.57. The lowest BCUT2D eigenvalue weighted by Gasteiger charge is -2.36. The van der Waals surface area contributed by atoms with Gasteiger partial charge in [-0.1, -0.05) is 0 Å². The van der Waals surface area contributed by atoms with Crippen molar-refractivity contribution in [3.8, 4) is 0 Å². The van der Waals surface area contributed by atoms with Crippen LogP contribution in [0.2, 0.25) is 0 Å². The molecule has 3 rings (SSSR count). The fraction of sp³-hybridized carbons (Fsp3) is 0.474. The third-order valence-corrected chi connectivity index (χ3v) is 5.29. The number of aromatic nitrogens is 2. The highest BCUT2D eigenvalue weighted by molar-refractivity contribution is 5.94. The predicted molar refractivity (Wildman–Crippen MR) is 99.2 cm³/mol. The van der Waals surface area contributed by atoms with Crippen LogP contribution in [-0.4, -0.2) is 51.7 Å². The number of hydrogen-bond donors (Lipinski definition) is 1. The molecule has 1 saturated heterocycles. The van der Waals surface area contributed by atoms with E-state index >= 15 is 0 Å². The van der Waals surface area contributed by atoms with E-state index in [2.05, 4.69) is 24.0 Å². The van der Waals surface area contributed by atoms with Crippen molar-refractivity contribution in [2.24, 2.45) is 7.05 Å². The van der Waals surface area contributed by atoms with Gasteiger partial charge >= 0.3 is 0 Å². The van der Waals surface area contributed by atoms with E-state index in [1.807, 2.05) is 22.8 Å². The van der Waals surface area contributed by atoms with E-state index in [1.54, 1.807) is 24.3 Å². The lowest BCUT2D eigenvalue weighted by molar-refractivity contribution is 0.0639. The molecule has 0 unspecified atom stereocenters. The molecule has 2 heterocycles. The second-order valence-corrected chi connectivity index (χ2v) is 6.94. The SMILES string of the molecule is Cc1c(CN(C)C2CCN(C(=O)c3ccc(N)cc3)CC2)cnn1C. The van der Waals surface area contributed by atoms with Gasteiger partial charge < -0.3 is 10.6 Å². The van der Waals surface area contributed by atoms with E-state index in [4.69, 9.17) is 5.73 Å². The molecule has 1 fully saturated rings. The van der Waals surface area contributed by atoms with Crippen molar-refractivity contribution < 1.29 is 4.79 Å². The summed E-state index contributed by atoms with van der Waals surface area (Å²) >= 11 is 0. The number of nitrogens with zero attached hydrogens (tertiary/aromatic N) is 4. The second kappa shape index (κ2) is 7.27. The number of amides is 1. The first-order valence-corrected chi connectivity index (χ1v) is 8.78. The van der Waals surface area contributed by atoms with Crippen LogP contribution in [0.5, 0.6) is 0 Å². The van der Waals surface area contributed by atoms with Crippen LogP contribution >= 0.6 is 0 Å². The van der Waals surface area contributed by atoms with Gasteiger partial charge in [0.15, 0.2) is 0 Å². The van der Waals surface area contributed by atoms with E-state index in [9.17, 15) is 4.79 Å². The average Bonchev–Trinajstić information content (AvgIpc) is 2.94. The second-order valence-electron chi connectivity index (χ2n) is 6.94. The molecule has 1 amide bonds. The van der Waals surface area contributed by atoms with Crippen molar-refractivity contribution in [3.05, 3.63) is 47.3 Å². The van der Waals surface area contributed by atoms with Crippen molar-refractivity contribution >= 4 is 11.6 Å². The minimum absolute atomic E-state index is 0.101. The van der Waals surface area contributed by atoms with Crippen molar-refractivity contribution in [1.29, 1.82) is 0 Å². The topological polar surface area (TPSA) is 67.4 Å². The van der Waals surface area contributed by atoms with Crippen molar-refractivity contribution in [2.75, 3.05) is 25.9 Å². The van der Waals surface area contributed by atoms with Crippen LogP contribution in [0.4, 0.5) is 5.69 Å². The predicted octanol–water partition coefficient (Wildman–Crippen LogP) is 2.05. The van der Waals surface area contributed by atoms with E-state index in [1.165, 1.54) is 11.3 Å². The summed E-state index contributed by atoms with van der Waals surface area (Å²) in [5.74, 6) is 0.101. The zero-order valence-corrected chi connectivity index (χ0v) is 15.3. The van der Waals surface area contributed by atoms with Gasteiger partial charge in [0.1, 0.15) is 0 Å². The van der Waals surface area contributed by atoms with Gasteiger partial charge in [-0.2, -0.15) is 5.10 Å². The number of likely N-dealkylation sites (tertiary alicyclic amines) is 1. The number of rotatable bonds is 4. The average molecular weight is 341 g/mol. The van der Waals surface area contributed by atoms with Crippen LogP contribution in [0.25, 0.3) is 0 Å². The van der Waals surface area contributed by atoms with E-state index in [0.29, 0.717) is 17.3 Å². The summed E-state index contributed by atoms with van der Waals surface area (Å²) in [6.07, 6.45) is 3.94. The van der Waals surface area contributed by atoms with Crippen LogP contribution in [0.1, 0.15) is 34.5 Å². The number of benzene rings is 1. The van der Waals surface area contributed by atoms with Gasteiger partial charge in [0.05, 0.1) is 6.20 Å². The Balaban J connectivity index is 1.55. The lowest BCUT2D eigenvalue weighted by Crippen LogP contribution is -2.45. The standard InChI is InChI=1S/C19H27N5O/c1-14-16(12-21-23(14)3)13-22(2)18-8-10-24(11-9-18)19(25)15-4-6-17(20)7-5-15/h4-7,12,18H,8-11,13,20H2,1-3H3. The summed E-state index contributed by atoms with van der Waals surface area (Å²) in [4.78, 5) is 16.9. The molecular formula is C19H27N5O. The minimum Gasteiger partial charge on any atom is -0.399 e. The quantitative estimate of drug-likeness (QED) is 0.864. The van der Waals surface area contributed by atoms with Gasteiger partial charge in [-0.05, 0) is 51.1 Å². The first kappa shape index (κ1) is 17.5. The number of hydrogen-bond acceptors (Lipinski definition) is 4. The van der Waals surface area contributed by atoms with Gasteiger partial charge in [-0.3, -0.25) is 14.4 Å². The highest BCUT2D eigenvalue weighted by atomic mass is 16.2. The van der Waals surface area contributed by atoms with Gasteiger partial charge in [0, 0.05) is 55.2 Å². The molecule has 0 saturated carbocycles. The molecular weight excluding hydrogens is 314 g/mol. The van der Waals surface area contributed by atoms with Crippen molar-refractivity contribution in [3.63, 3.8) is 0 Å². The fourth-order valence-corrected chi connectivity index (χ4v) is 3.42. The first-order chi connectivity index (χ1) is 12.0. The summed E-state index contributed by atoms with van der Waals surface area (Å²) in [6.45, 7) is 4.59. The van der Waals surface area contributed by atoms with Crippen molar-refractivity contribution in [1.82, 2.24) is 19.6 Å². The highest BCUT2D eigenvalue weighted by Crippen LogP contribution is 2.20. The molecule has 0 radical (unpaired) electrons.